The van der Waals surface area contributed by atoms with Crippen LogP contribution in [0.15, 0.2) is 12.1 Å². The highest BCUT2D eigenvalue weighted by Crippen LogP contribution is 2.48. The minimum absolute atomic E-state index is 0.00865. The molecule has 2 aliphatic rings. The lowest BCUT2D eigenvalue weighted by atomic mass is 9.82. The summed E-state index contributed by atoms with van der Waals surface area (Å²) >= 11 is 0. The average Bonchev–Trinajstić information content (AvgIpc) is 2.52. The Morgan fingerprint density at radius 3 is 2.88 bits per heavy atom. The summed E-state index contributed by atoms with van der Waals surface area (Å²) in [5.74, 6) is 0.643. The number of phenols is 2. The van der Waals surface area contributed by atoms with Crippen LogP contribution < -0.4 is 4.74 Å². The van der Waals surface area contributed by atoms with Crippen molar-refractivity contribution in [1.29, 1.82) is 0 Å². The summed E-state index contributed by atoms with van der Waals surface area (Å²) in [6, 6.07) is 2.88. The van der Waals surface area contributed by atoms with Crippen LogP contribution in [0.4, 0.5) is 0 Å². The van der Waals surface area contributed by atoms with Gasteiger partial charge < -0.3 is 19.7 Å². The molecule has 1 aromatic carbocycles. The average molecular weight is 236 g/mol. The van der Waals surface area contributed by atoms with Gasteiger partial charge in [-0.15, -0.1) is 0 Å². The Morgan fingerprint density at radius 2 is 2.12 bits per heavy atom. The van der Waals surface area contributed by atoms with E-state index in [9.17, 15) is 10.2 Å². The molecule has 0 saturated carbocycles. The van der Waals surface area contributed by atoms with Crippen LogP contribution in [-0.2, 0) is 11.2 Å². The zero-order chi connectivity index (χ0) is 12.2. The van der Waals surface area contributed by atoms with Gasteiger partial charge in [0, 0.05) is 30.5 Å². The summed E-state index contributed by atoms with van der Waals surface area (Å²) in [4.78, 5) is 0. The van der Waals surface area contributed by atoms with Crippen molar-refractivity contribution in [3.63, 3.8) is 0 Å². The lowest BCUT2D eigenvalue weighted by Gasteiger charge is -2.37. The van der Waals surface area contributed by atoms with Gasteiger partial charge in [-0.1, -0.05) is 6.92 Å². The van der Waals surface area contributed by atoms with E-state index >= 15 is 0 Å². The molecule has 1 fully saturated rings. The molecule has 92 valence electrons. The number of phenolic OH excluding ortho intramolecular Hbond substituents is 2. The summed E-state index contributed by atoms with van der Waals surface area (Å²) in [5.41, 5.74) is 0.766. The van der Waals surface area contributed by atoms with Gasteiger partial charge >= 0.3 is 0 Å². The van der Waals surface area contributed by atoms with Crippen molar-refractivity contribution in [1.82, 2.24) is 0 Å². The Balaban J connectivity index is 2.07. The zero-order valence-electron chi connectivity index (χ0n) is 9.93. The van der Waals surface area contributed by atoms with E-state index in [1.54, 1.807) is 0 Å². The summed E-state index contributed by atoms with van der Waals surface area (Å²) in [7, 11) is 0. The zero-order valence-corrected chi connectivity index (χ0v) is 9.93. The van der Waals surface area contributed by atoms with E-state index in [4.69, 9.17) is 9.47 Å². The number of fused-ring (bicyclic) bond motifs is 2. The van der Waals surface area contributed by atoms with Crippen LogP contribution in [0.2, 0.25) is 0 Å². The Bertz CT molecular complexity index is 471. The second-order valence-corrected chi connectivity index (χ2v) is 5.16. The number of benzene rings is 1. The van der Waals surface area contributed by atoms with Crippen LogP contribution in [0.5, 0.6) is 17.2 Å². The fourth-order valence-electron chi connectivity index (χ4n) is 2.88. The van der Waals surface area contributed by atoms with Crippen LogP contribution in [0.1, 0.15) is 19.4 Å². The highest BCUT2D eigenvalue weighted by atomic mass is 16.7. The third-order valence-corrected chi connectivity index (χ3v) is 3.90. The third kappa shape index (κ3) is 1.47. The molecular formula is C13H16O4. The van der Waals surface area contributed by atoms with Gasteiger partial charge in [-0.05, 0) is 12.3 Å². The van der Waals surface area contributed by atoms with E-state index in [0.717, 1.165) is 12.0 Å². The van der Waals surface area contributed by atoms with Crippen molar-refractivity contribution >= 4 is 0 Å². The first-order chi connectivity index (χ1) is 7.99. The lowest BCUT2D eigenvalue weighted by Crippen LogP contribution is -2.43. The molecule has 0 aliphatic carbocycles. The van der Waals surface area contributed by atoms with Crippen molar-refractivity contribution in [3.05, 3.63) is 17.7 Å². The highest BCUT2D eigenvalue weighted by Gasteiger charge is 2.50. The van der Waals surface area contributed by atoms with Gasteiger partial charge in [-0.25, -0.2) is 0 Å². The standard InChI is InChI=1S/C13H16O4/c1-7-6-16-13(2)10(7)5-9-11(15)3-8(14)4-12(9)17-13/h3-4,7,10,14-15H,5-6H2,1-2H3/t7?,10-,13-/m1/s1. The van der Waals surface area contributed by atoms with E-state index < -0.39 is 5.79 Å². The SMILES string of the molecule is CC1CO[C@]2(C)Oc3cc(O)cc(O)c3C[C@H]12. The van der Waals surface area contributed by atoms with E-state index in [1.807, 2.05) is 6.92 Å². The predicted octanol–water partition coefficient (Wildman–Crippen LogP) is 2.03. The number of hydrogen-bond donors (Lipinski definition) is 2. The molecule has 1 aromatic rings. The number of hydrogen-bond acceptors (Lipinski definition) is 4. The minimum Gasteiger partial charge on any atom is -0.508 e. The van der Waals surface area contributed by atoms with Gasteiger partial charge in [0.25, 0.3) is 0 Å². The Morgan fingerprint density at radius 1 is 1.35 bits per heavy atom. The van der Waals surface area contributed by atoms with Crippen molar-refractivity contribution in [2.75, 3.05) is 6.61 Å². The first-order valence-electron chi connectivity index (χ1n) is 5.87. The molecule has 0 spiro atoms. The molecule has 2 aliphatic heterocycles. The molecule has 2 heterocycles. The first-order valence-corrected chi connectivity index (χ1v) is 5.87. The molecule has 3 rings (SSSR count). The monoisotopic (exact) mass is 236 g/mol. The van der Waals surface area contributed by atoms with Crippen molar-refractivity contribution in [3.8, 4) is 17.2 Å². The second-order valence-electron chi connectivity index (χ2n) is 5.16. The molecule has 1 saturated heterocycles. The molecule has 2 N–H and O–H groups in total. The molecule has 3 atom stereocenters. The van der Waals surface area contributed by atoms with Crippen molar-refractivity contribution < 1.29 is 19.7 Å². The summed E-state index contributed by atoms with van der Waals surface area (Å²) < 4.78 is 11.5. The van der Waals surface area contributed by atoms with Gasteiger partial charge in [0.1, 0.15) is 17.2 Å². The molecule has 4 nitrogen and oxygen atoms in total. The van der Waals surface area contributed by atoms with Crippen LogP contribution in [0.25, 0.3) is 0 Å². The van der Waals surface area contributed by atoms with E-state index in [1.165, 1.54) is 12.1 Å². The molecule has 0 aromatic heterocycles. The van der Waals surface area contributed by atoms with Gasteiger partial charge in [0.2, 0.25) is 5.79 Å². The van der Waals surface area contributed by atoms with Crippen LogP contribution >= 0.6 is 0 Å². The molecule has 1 unspecified atom stereocenters. The molecule has 4 heteroatoms. The van der Waals surface area contributed by atoms with Crippen LogP contribution in [-0.4, -0.2) is 22.6 Å². The van der Waals surface area contributed by atoms with Crippen molar-refractivity contribution in [2.24, 2.45) is 11.8 Å². The Kier molecular flexibility index (Phi) is 2.08. The second kappa shape index (κ2) is 3.29. The van der Waals surface area contributed by atoms with E-state index in [2.05, 4.69) is 6.92 Å². The lowest BCUT2D eigenvalue weighted by molar-refractivity contribution is -0.166. The predicted molar refractivity (Wildman–Crippen MR) is 61.1 cm³/mol. The fraction of sp³-hybridized carbons (Fsp3) is 0.538. The summed E-state index contributed by atoms with van der Waals surface area (Å²) in [6.07, 6.45) is 0.721. The van der Waals surface area contributed by atoms with Gasteiger partial charge in [0.15, 0.2) is 0 Å². The number of rotatable bonds is 0. The van der Waals surface area contributed by atoms with E-state index in [0.29, 0.717) is 18.3 Å². The van der Waals surface area contributed by atoms with Crippen LogP contribution in [0.3, 0.4) is 0 Å². The van der Waals surface area contributed by atoms with Gasteiger partial charge in [-0.3, -0.25) is 0 Å². The molecular weight excluding hydrogens is 220 g/mol. The molecule has 0 radical (unpaired) electrons. The molecule has 0 amide bonds. The summed E-state index contributed by atoms with van der Waals surface area (Å²) in [5, 5.41) is 19.3. The normalized spacial score (nSPS) is 34.9. The maximum atomic E-state index is 9.85. The smallest absolute Gasteiger partial charge is 0.211 e. The molecule has 17 heavy (non-hydrogen) atoms. The van der Waals surface area contributed by atoms with Gasteiger partial charge in [0.05, 0.1) is 6.61 Å². The third-order valence-electron chi connectivity index (χ3n) is 3.90. The van der Waals surface area contributed by atoms with E-state index in [-0.39, 0.29) is 17.4 Å². The number of ether oxygens (including phenoxy) is 2. The first kappa shape index (κ1) is 10.7. The van der Waals surface area contributed by atoms with Crippen molar-refractivity contribution in [2.45, 2.75) is 26.1 Å². The maximum Gasteiger partial charge on any atom is 0.211 e. The maximum absolute atomic E-state index is 9.85. The fourth-order valence-corrected chi connectivity index (χ4v) is 2.88. The Labute approximate surface area is 99.8 Å². The quantitative estimate of drug-likeness (QED) is 0.723. The largest absolute Gasteiger partial charge is 0.508 e. The topological polar surface area (TPSA) is 58.9 Å². The summed E-state index contributed by atoms with van der Waals surface area (Å²) in [6.45, 7) is 4.72. The number of aromatic hydroxyl groups is 2. The van der Waals surface area contributed by atoms with Crippen LogP contribution in [0, 0.1) is 11.8 Å². The highest BCUT2D eigenvalue weighted by molar-refractivity contribution is 5.51. The molecule has 0 bridgehead atoms. The minimum atomic E-state index is -0.632. The Hall–Kier alpha value is -1.42. The van der Waals surface area contributed by atoms with Gasteiger partial charge in [-0.2, -0.15) is 0 Å².